The van der Waals surface area contributed by atoms with E-state index >= 15 is 0 Å². The second-order valence-corrected chi connectivity index (χ2v) is 4.50. The van der Waals surface area contributed by atoms with Crippen LogP contribution in [0.25, 0.3) is 0 Å². The Labute approximate surface area is 132 Å². The van der Waals surface area contributed by atoms with Crippen LogP contribution >= 0.6 is 24.0 Å². The number of piperidine rings is 1. The Morgan fingerprint density at radius 1 is 1.63 bits per heavy atom. The predicted molar refractivity (Wildman–Crippen MR) is 88.3 cm³/mol. The molecule has 0 aromatic rings. The van der Waals surface area contributed by atoms with E-state index in [2.05, 4.69) is 21.1 Å². The van der Waals surface area contributed by atoms with E-state index in [1.807, 2.05) is 6.92 Å². The van der Waals surface area contributed by atoms with Crippen LogP contribution in [0.2, 0.25) is 0 Å². The van der Waals surface area contributed by atoms with Crippen LogP contribution in [-0.2, 0) is 4.79 Å². The van der Waals surface area contributed by atoms with E-state index < -0.39 is 0 Å². The fourth-order valence-corrected chi connectivity index (χ4v) is 2.25. The average molecular weight is 378 g/mol. The lowest BCUT2D eigenvalue weighted by molar-refractivity contribution is -0.119. The number of guanidine groups is 1. The molecule has 1 unspecified atom stereocenters. The number of primary amides is 1. The van der Waals surface area contributed by atoms with Crippen molar-refractivity contribution in [3.05, 3.63) is 0 Å². The van der Waals surface area contributed by atoms with Crippen molar-refractivity contribution in [2.75, 3.05) is 26.2 Å². The van der Waals surface area contributed by atoms with E-state index in [9.17, 15) is 4.79 Å². The van der Waals surface area contributed by atoms with Crippen LogP contribution in [0.3, 0.4) is 0 Å². The van der Waals surface area contributed by atoms with E-state index in [1.165, 1.54) is 0 Å². The minimum absolute atomic E-state index is 0. The number of nitrogens with zero attached hydrogens (tertiary/aromatic N) is 2. The van der Waals surface area contributed by atoms with Crippen molar-refractivity contribution in [2.24, 2.45) is 16.6 Å². The highest BCUT2D eigenvalue weighted by atomic mass is 127. The molecule has 0 radical (unpaired) electrons. The number of nitrogens with two attached hydrogens (primary N) is 1. The fraction of sp³-hybridized carbons (Fsp3) is 0.692. The summed E-state index contributed by atoms with van der Waals surface area (Å²) in [7, 11) is 0. The summed E-state index contributed by atoms with van der Waals surface area (Å²) < 4.78 is 0. The SMILES string of the molecule is C#CCN=C(NCC)N1CCCC(CC(N)=O)C1.I. The first-order chi connectivity index (χ1) is 8.67. The molecule has 0 aliphatic carbocycles. The van der Waals surface area contributed by atoms with Crippen molar-refractivity contribution in [3.63, 3.8) is 0 Å². The normalized spacial score (nSPS) is 19.3. The third kappa shape index (κ3) is 6.66. The van der Waals surface area contributed by atoms with Gasteiger partial charge in [0, 0.05) is 26.1 Å². The summed E-state index contributed by atoms with van der Waals surface area (Å²) in [5.41, 5.74) is 5.25. The molecule has 1 rings (SSSR count). The number of carbonyl (C=O) groups is 1. The van der Waals surface area contributed by atoms with E-state index in [4.69, 9.17) is 12.2 Å². The molecule has 1 amide bonds. The first kappa shape index (κ1) is 18.0. The molecule has 0 saturated carbocycles. The second-order valence-electron chi connectivity index (χ2n) is 4.50. The molecule has 1 aliphatic rings. The van der Waals surface area contributed by atoms with Gasteiger partial charge in [0.25, 0.3) is 0 Å². The van der Waals surface area contributed by atoms with Gasteiger partial charge in [-0.2, -0.15) is 0 Å². The predicted octanol–water partition coefficient (Wildman–Crippen LogP) is 0.790. The molecule has 1 atom stereocenters. The zero-order chi connectivity index (χ0) is 13.4. The number of hydrogen-bond acceptors (Lipinski definition) is 2. The molecular formula is C13H23IN4O. The number of nitrogens with one attached hydrogen (secondary N) is 1. The number of likely N-dealkylation sites (tertiary alicyclic amines) is 1. The molecule has 6 heteroatoms. The number of halogens is 1. The third-order valence-corrected chi connectivity index (χ3v) is 2.96. The summed E-state index contributed by atoms with van der Waals surface area (Å²) in [5.74, 6) is 3.44. The van der Waals surface area contributed by atoms with Crippen molar-refractivity contribution in [3.8, 4) is 12.3 Å². The number of hydrogen-bond donors (Lipinski definition) is 2. The Kier molecular flexibility index (Phi) is 9.39. The highest BCUT2D eigenvalue weighted by Crippen LogP contribution is 2.19. The topological polar surface area (TPSA) is 70.7 Å². The summed E-state index contributed by atoms with van der Waals surface area (Å²) in [4.78, 5) is 17.5. The maximum absolute atomic E-state index is 11.0. The van der Waals surface area contributed by atoms with Gasteiger partial charge in [0.2, 0.25) is 5.91 Å². The number of aliphatic imine (C=N–C) groups is 1. The Morgan fingerprint density at radius 3 is 2.95 bits per heavy atom. The van der Waals surface area contributed by atoms with Crippen LogP contribution in [0.1, 0.15) is 26.2 Å². The molecular weight excluding hydrogens is 355 g/mol. The van der Waals surface area contributed by atoms with E-state index in [-0.39, 0.29) is 29.9 Å². The van der Waals surface area contributed by atoms with E-state index in [1.54, 1.807) is 0 Å². The van der Waals surface area contributed by atoms with Gasteiger partial charge in [-0.05, 0) is 25.7 Å². The lowest BCUT2D eigenvalue weighted by Gasteiger charge is -2.34. The Hall–Kier alpha value is -0.970. The molecule has 1 saturated heterocycles. The smallest absolute Gasteiger partial charge is 0.217 e. The van der Waals surface area contributed by atoms with Gasteiger partial charge in [0.1, 0.15) is 6.54 Å². The van der Waals surface area contributed by atoms with Gasteiger partial charge in [-0.1, -0.05) is 5.92 Å². The second kappa shape index (κ2) is 9.89. The zero-order valence-corrected chi connectivity index (χ0v) is 13.7. The van der Waals surface area contributed by atoms with Crippen LogP contribution in [0.5, 0.6) is 0 Å². The van der Waals surface area contributed by atoms with Gasteiger partial charge in [-0.25, -0.2) is 4.99 Å². The van der Waals surface area contributed by atoms with Crippen LogP contribution < -0.4 is 11.1 Å². The Bertz CT molecular complexity index is 351. The van der Waals surface area contributed by atoms with Crippen molar-refractivity contribution >= 4 is 35.8 Å². The molecule has 0 aromatic heterocycles. The molecule has 1 aliphatic heterocycles. The molecule has 0 aromatic carbocycles. The summed E-state index contributed by atoms with van der Waals surface area (Å²) >= 11 is 0. The van der Waals surface area contributed by atoms with Gasteiger partial charge in [0.05, 0.1) is 0 Å². The highest BCUT2D eigenvalue weighted by molar-refractivity contribution is 14.0. The summed E-state index contributed by atoms with van der Waals surface area (Å²) in [6, 6.07) is 0. The Morgan fingerprint density at radius 2 is 2.37 bits per heavy atom. The zero-order valence-electron chi connectivity index (χ0n) is 11.4. The van der Waals surface area contributed by atoms with Gasteiger partial charge >= 0.3 is 0 Å². The van der Waals surface area contributed by atoms with Crippen LogP contribution in [0.15, 0.2) is 4.99 Å². The van der Waals surface area contributed by atoms with Gasteiger partial charge < -0.3 is 16.0 Å². The molecule has 3 N–H and O–H groups in total. The van der Waals surface area contributed by atoms with Crippen LogP contribution in [0, 0.1) is 18.3 Å². The number of carbonyl (C=O) groups excluding carboxylic acids is 1. The van der Waals surface area contributed by atoms with Gasteiger partial charge in [-0.3, -0.25) is 4.79 Å². The minimum Gasteiger partial charge on any atom is -0.370 e. The maximum Gasteiger partial charge on any atom is 0.217 e. The van der Waals surface area contributed by atoms with Crippen LogP contribution in [0.4, 0.5) is 0 Å². The van der Waals surface area contributed by atoms with Gasteiger partial charge in [0.15, 0.2) is 5.96 Å². The van der Waals surface area contributed by atoms with Gasteiger partial charge in [-0.15, -0.1) is 30.4 Å². The lowest BCUT2D eigenvalue weighted by Crippen LogP contribution is -2.47. The molecule has 108 valence electrons. The minimum atomic E-state index is -0.229. The number of terminal acetylenes is 1. The third-order valence-electron chi connectivity index (χ3n) is 2.96. The fourth-order valence-electron chi connectivity index (χ4n) is 2.25. The molecule has 0 bridgehead atoms. The average Bonchev–Trinajstić information content (AvgIpc) is 2.34. The monoisotopic (exact) mass is 378 g/mol. The summed E-state index contributed by atoms with van der Waals surface area (Å²) in [6.45, 7) is 4.97. The molecule has 1 heterocycles. The van der Waals surface area contributed by atoms with Crippen molar-refractivity contribution in [1.82, 2.24) is 10.2 Å². The highest BCUT2D eigenvalue weighted by Gasteiger charge is 2.23. The summed E-state index contributed by atoms with van der Waals surface area (Å²) in [5, 5.41) is 3.23. The van der Waals surface area contributed by atoms with Crippen molar-refractivity contribution in [1.29, 1.82) is 0 Å². The number of amides is 1. The van der Waals surface area contributed by atoms with E-state index in [0.29, 0.717) is 18.9 Å². The largest absolute Gasteiger partial charge is 0.370 e. The van der Waals surface area contributed by atoms with Crippen molar-refractivity contribution < 1.29 is 4.79 Å². The quantitative estimate of drug-likeness (QED) is 0.329. The van der Waals surface area contributed by atoms with E-state index in [0.717, 1.165) is 38.4 Å². The Balaban J connectivity index is 0.00000324. The lowest BCUT2D eigenvalue weighted by atomic mass is 9.95. The molecule has 1 fully saturated rings. The molecule has 5 nitrogen and oxygen atoms in total. The standard InChI is InChI=1S/C13H22N4O.HI/c1-3-7-16-13(15-4-2)17-8-5-6-11(10-17)9-12(14)18;/h1,11H,4-10H2,2H3,(H2,14,18)(H,15,16);1H. The number of rotatable bonds is 4. The molecule has 0 spiro atoms. The molecule has 19 heavy (non-hydrogen) atoms. The first-order valence-electron chi connectivity index (χ1n) is 6.42. The van der Waals surface area contributed by atoms with Crippen molar-refractivity contribution in [2.45, 2.75) is 26.2 Å². The first-order valence-corrected chi connectivity index (χ1v) is 6.42. The summed E-state index contributed by atoms with van der Waals surface area (Å²) in [6.07, 6.45) is 7.78. The van der Waals surface area contributed by atoms with Crippen LogP contribution in [-0.4, -0.2) is 42.9 Å². The maximum atomic E-state index is 11.0.